The molecule has 3 amide bonds. The predicted molar refractivity (Wildman–Crippen MR) is 152 cm³/mol. The maximum atomic E-state index is 13.7. The van der Waals surface area contributed by atoms with E-state index in [1.807, 2.05) is 66.7 Å². The average molecular weight is 533 g/mol. The van der Waals surface area contributed by atoms with Crippen molar-refractivity contribution in [2.75, 3.05) is 51.3 Å². The summed E-state index contributed by atoms with van der Waals surface area (Å²) in [5.74, 6) is 0.980. The molecule has 2 aromatic carbocycles. The molecule has 2 heterocycles. The van der Waals surface area contributed by atoms with Gasteiger partial charge in [-0.1, -0.05) is 56.3 Å². The Bertz CT molecular complexity index is 1140. The molecule has 1 aromatic heterocycles. The maximum absolute atomic E-state index is 13.7. The molecule has 0 radical (unpaired) electrons. The zero-order valence-corrected chi connectivity index (χ0v) is 23.1. The quantitative estimate of drug-likeness (QED) is 0.347. The normalized spacial score (nSPS) is 13.8. The van der Waals surface area contributed by atoms with E-state index in [1.54, 1.807) is 16.1 Å². The topological polar surface area (TPSA) is 78.3 Å². The van der Waals surface area contributed by atoms with Gasteiger partial charge in [0, 0.05) is 38.4 Å². The molecule has 1 saturated heterocycles. The Morgan fingerprint density at radius 1 is 0.923 bits per heavy atom. The molecule has 39 heavy (non-hydrogen) atoms. The Morgan fingerprint density at radius 3 is 2.33 bits per heavy atom. The van der Waals surface area contributed by atoms with Gasteiger partial charge in [0.05, 0.1) is 26.0 Å². The highest BCUT2D eigenvalue weighted by Crippen LogP contribution is 2.18. The first-order valence-electron chi connectivity index (χ1n) is 13.8. The third-order valence-corrected chi connectivity index (χ3v) is 6.94. The Hall–Kier alpha value is -3.62. The Morgan fingerprint density at radius 2 is 1.67 bits per heavy atom. The fourth-order valence-corrected chi connectivity index (χ4v) is 4.61. The number of furan rings is 1. The van der Waals surface area contributed by atoms with Gasteiger partial charge in [-0.2, -0.15) is 0 Å². The average Bonchev–Trinajstić information content (AvgIpc) is 3.47. The van der Waals surface area contributed by atoms with E-state index >= 15 is 0 Å². The number of rotatable bonds is 12. The lowest BCUT2D eigenvalue weighted by atomic mass is 10.0. The van der Waals surface area contributed by atoms with Crippen molar-refractivity contribution >= 4 is 17.6 Å². The van der Waals surface area contributed by atoms with Crippen LogP contribution < -0.4 is 5.32 Å². The van der Waals surface area contributed by atoms with Gasteiger partial charge < -0.3 is 24.3 Å². The number of nitrogens with zero attached hydrogens (tertiary/aromatic N) is 3. The fraction of sp³-hybridized carbons (Fsp3) is 0.419. The number of benzene rings is 2. The van der Waals surface area contributed by atoms with Crippen LogP contribution in [0.4, 0.5) is 10.5 Å². The molecule has 0 spiro atoms. The number of hydrogen-bond acceptors (Lipinski definition) is 5. The molecule has 0 saturated carbocycles. The van der Waals surface area contributed by atoms with Crippen LogP contribution in [-0.4, -0.2) is 72.6 Å². The van der Waals surface area contributed by atoms with E-state index < -0.39 is 0 Å². The van der Waals surface area contributed by atoms with Crippen molar-refractivity contribution in [1.29, 1.82) is 0 Å². The van der Waals surface area contributed by atoms with E-state index in [4.69, 9.17) is 9.15 Å². The van der Waals surface area contributed by atoms with Crippen molar-refractivity contribution in [3.63, 3.8) is 0 Å². The summed E-state index contributed by atoms with van der Waals surface area (Å²) in [5.41, 5.74) is 2.94. The molecular formula is C31H40N4O4. The molecule has 8 nitrogen and oxygen atoms in total. The van der Waals surface area contributed by atoms with Crippen LogP contribution in [0.5, 0.6) is 0 Å². The zero-order valence-electron chi connectivity index (χ0n) is 23.1. The first-order chi connectivity index (χ1) is 19.0. The van der Waals surface area contributed by atoms with Crippen molar-refractivity contribution < 1.29 is 18.7 Å². The number of ether oxygens (including phenoxy) is 1. The van der Waals surface area contributed by atoms with Gasteiger partial charge in [-0.25, -0.2) is 4.79 Å². The Labute approximate surface area is 231 Å². The minimum atomic E-state index is -0.278. The van der Waals surface area contributed by atoms with Gasteiger partial charge >= 0.3 is 6.03 Å². The van der Waals surface area contributed by atoms with Crippen LogP contribution in [0.2, 0.25) is 0 Å². The second-order valence-corrected chi connectivity index (χ2v) is 10.3. The van der Waals surface area contributed by atoms with Crippen LogP contribution in [0.25, 0.3) is 0 Å². The Balaban J connectivity index is 1.45. The lowest BCUT2D eigenvalue weighted by Gasteiger charge is -2.30. The molecule has 1 aliphatic rings. The van der Waals surface area contributed by atoms with Gasteiger partial charge in [0.1, 0.15) is 12.3 Å². The van der Waals surface area contributed by atoms with E-state index in [0.717, 1.165) is 44.8 Å². The predicted octanol–water partition coefficient (Wildman–Crippen LogP) is 5.19. The summed E-state index contributed by atoms with van der Waals surface area (Å²) in [6, 6.07) is 21.2. The van der Waals surface area contributed by atoms with Crippen LogP contribution in [0, 0.1) is 0 Å². The van der Waals surface area contributed by atoms with E-state index in [0.29, 0.717) is 37.0 Å². The van der Waals surface area contributed by atoms with Crippen LogP contribution in [-0.2, 0) is 22.6 Å². The van der Waals surface area contributed by atoms with Gasteiger partial charge in [-0.3, -0.25) is 9.69 Å². The Kier molecular flexibility index (Phi) is 10.6. The van der Waals surface area contributed by atoms with E-state index in [1.165, 1.54) is 5.56 Å². The van der Waals surface area contributed by atoms with Gasteiger partial charge in [0.2, 0.25) is 5.91 Å². The number of anilines is 1. The minimum absolute atomic E-state index is 0.0213. The number of urea groups is 1. The standard InChI is InChI=1S/C31H40N4O4/c1-25(2)27-11-13-28(14-12-27)32-31(37)34(16-7-15-33-17-20-38-21-18-33)24-30(36)35(23-29-10-6-19-39-29)22-26-8-4-3-5-9-26/h3-6,8-14,19,25H,7,15-18,20-24H2,1-2H3,(H,32,37). The summed E-state index contributed by atoms with van der Waals surface area (Å²) in [5, 5.41) is 3.00. The SMILES string of the molecule is CC(C)c1ccc(NC(=O)N(CCCN2CCOCC2)CC(=O)N(Cc2ccccc2)Cc2ccco2)cc1. The minimum Gasteiger partial charge on any atom is -0.467 e. The molecule has 8 heteroatoms. The summed E-state index contributed by atoms with van der Waals surface area (Å²) in [7, 11) is 0. The molecule has 4 rings (SSSR count). The molecule has 0 unspecified atom stereocenters. The lowest BCUT2D eigenvalue weighted by Crippen LogP contribution is -2.45. The number of amides is 3. The largest absolute Gasteiger partial charge is 0.467 e. The summed E-state index contributed by atoms with van der Waals surface area (Å²) in [6.07, 6.45) is 2.38. The molecule has 0 aliphatic carbocycles. The van der Waals surface area contributed by atoms with Crippen LogP contribution >= 0.6 is 0 Å². The third kappa shape index (κ3) is 8.97. The van der Waals surface area contributed by atoms with Gasteiger partial charge in [-0.15, -0.1) is 0 Å². The monoisotopic (exact) mass is 532 g/mol. The first kappa shape index (κ1) is 28.4. The van der Waals surface area contributed by atoms with Gasteiger partial charge in [0.15, 0.2) is 0 Å². The third-order valence-electron chi connectivity index (χ3n) is 6.94. The fourth-order valence-electron chi connectivity index (χ4n) is 4.61. The molecular weight excluding hydrogens is 492 g/mol. The van der Waals surface area contributed by atoms with Crippen molar-refractivity contribution in [3.8, 4) is 0 Å². The summed E-state index contributed by atoms with van der Waals surface area (Å²) < 4.78 is 11.0. The number of hydrogen-bond donors (Lipinski definition) is 1. The smallest absolute Gasteiger partial charge is 0.322 e. The summed E-state index contributed by atoms with van der Waals surface area (Å²) in [4.78, 5) is 32.8. The van der Waals surface area contributed by atoms with Gasteiger partial charge in [-0.05, 0) is 47.7 Å². The summed E-state index contributed by atoms with van der Waals surface area (Å²) in [6.45, 7) is 9.59. The van der Waals surface area contributed by atoms with E-state index in [-0.39, 0.29) is 18.5 Å². The second kappa shape index (κ2) is 14.5. The molecule has 1 fully saturated rings. The van der Waals surface area contributed by atoms with Crippen molar-refractivity contribution in [2.24, 2.45) is 0 Å². The molecule has 1 N–H and O–H groups in total. The molecule has 3 aromatic rings. The van der Waals surface area contributed by atoms with Gasteiger partial charge in [0.25, 0.3) is 0 Å². The number of carbonyl (C=O) groups excluding carboxylic acids is 2. The molecule has 0 bridgehead atoms. The van der Waals surface area contributed by atoms with E-state index in [9.17, 15) is 9.59 Å². The second-order valence-electron chi connectivity index (χ2n) is 10.3. The van der Waals surface area contributed by atoms with Crippen LogP contribution in [0.1, 0.15) is 43.1 Å². The highest BCUT2D eigenvalue weighted by atomic mass is 16.5. The molecule has 208 valence electrons. The number of morpholine rings is 1. The highest BCUT2D eigenvalue weighted by Gasteiger charge is 2.23. The maximum Gasteiger partial charge on any atom is 0.322 e. The molecule has 1 aliphatic heterocycles. The number of nitrogens with one attached hydrogen (secondary N) is 1. The molecule has 0 atom stereocenters. The van der Waals surface area contributed by atoms with Crippen molar-refractivity contribution in [3.05, 3.63) is 89.9 Å². The van der Waals surface area contributed by atoms with E-state index in [2.05, 4.69) is 24.1 Å². The zero-order chi connectivity index (χ0) is 27.5. The highest BCUT2D eigenvalue weighted by molar-refractivity contribution is 5.92. The first-order valence-corrected chi connectivity index (χ1v) is 13.8. The van der Waals surface area contributed by atoms with Crippen LogP contribution in [0.15, 0.2) is 77.4 Å². The lowest BCUT2D eigenvalue weighted by molar-refractivity contribution is -0.133. The van der Waals surface area contributed by atoms with Crippen molar-refractivity contribution in [1.82, 2.24) is 14.7 Å². The van der Waals surface area contributed by atoms with Crippen LogP contribution in [0.3, 0.4) is 0 Å². The van der Waals surface area contributed by atoms with Crippen molar-refractivity contribution in [2.45, 2.75) is 39.3 Å². The summed E-state index contributed by atoms with van der Waals surface area (Å²) >= 11 is 0. The number of carbonyl (C=O) groups is 2.